The van der Waals surface area contributed by atoms with Gasteiger partial charge in [0.15, 0.2) is 0 Å². The number of nitrogens with zero attached hydrogens (tertiary/aromatic N) is 3. The van der Waals surface area contributed by atoms with Crippen LogP contribution in [0.4, 0.5) is 5.82 Å². The molecule has 0 bridgehead atoms. The molecule has 3 aromatic rings. The molecular formula is C14H14N4OS. The molecule has 3 aromatic heterocycles. The first-order valence-electron chi connectivity index (χ1n) is 6.39. The molecule has 0 aromatic carbocycles. The van der Waals surface area contributed by atoms with E-state index >= 15 is 0 Å². The van der Waals surface area contributed by atoms with Crippen molar-refractivity contribution < 1.29 is 0 Å². The van der Waals surface area contributed by atoms with Gasteiger partial charge in [0.25, 0.3) is 5.56 Å². The van der Waals surface area contributed by atoms with E-state index in [1.807, 2.05) is 30.5 Å². The molecule has 5 nitrogen and oxygen atoms in total. The number of fused-ring (bicyclic) bond motifs is 1. The molecule has 1 N–H and O–H groups in total. The number of rotatable bonds is 4. The Hall–Kier alpha value is -2.21. The van der Waals surface area contributed by atoms with Gasteiger partial charge in [0.2, 0.25) is 0 Å². The molecule has 0 aliphatic heterocycles. The average molecular weight is 286 g/mol. The third-order valence-electron chi connectivity index (χ3n) is 2.99. The average Bonchev–Trinajstić information content (AvgIpc) is 2.94. The first-order chi connectivity index (χ1) is 9.78. The third-order valence-corrected chi connectivity index (χ3v) is 3.81. The van der Waals surface area contributed by atoms with Gasteiger partial charge in [-0.15, -0.1) is 11.3 Å². The van der Waals surface area contributed by atoms with Crippen LogP contribution in [0, 0.1) is 0 Å². The molecule has 0 aliphatic rings. The highest BCUT2D eigenvalue weighted by Crippen LogP contribution is 2.14. The van der Waals surface area contributed by atoms with Crippen LogP contribution >= 0.6 is 11.3 Å². The second kappa shape index (κ2) is 5.42. The minimum Gasteiger partial charge on any atom is -0.370 e. The van der Waals surface area contributed by atoms with Gasteiger partial charge in [-0.25, -0.2) is 9.97 Å². The van der Waals surface area contributed by atoms with Crippen LogP contribution < -0.4 is 10.9 Å². The summed E-state index contributed by atoms with van der Waals surface area (Å²) >= 11 is 1.48. The summed E-state index contributed by atoms with van der Waals surface area (Å²) < 4.78 is 1.61. The fraction of sp³-hybridized carbons (Fsp3) is 0.214. The van der Waals surface area contributed by atoms with E-state index in [1.165, 1.54) is 11.3 Å². The van der Waals surface area contributed by atoms with Gasteiger partial charge in [-0.1, -0.05) is 6.07 Å². The van der Waals surface area contributed by atoms with Crippen LogP contribution in [0.15, 0.2) is 40.9 Å². The molecule has 0 unspecified atom stereocenters. The molecule has 0 saturated carbocycles. The van der Waals surface area contributed by atoms with Gasteiger partial charge in [0.05, 0.1) is 18.3 Å². The number of nitrogens with one attached hydrogen (secondary N) is 1. The van der Waals surface area contributed by atoms with E-state index in [9.17, 15) is 4.79 Å². The summed E-state index contributed by atoms with van der Waals surface area (Å²) in [6.45, 7) is 3.35. The first-order valence-corrected chi connectivity index (χ1v) is 7.27. The van der Waals surface area contributed by atoms with Crippen LogP contribution in [-0.4, -0.2) is 21.1 Å². The zero-order valence-electron chi connectivity index (χ0n) is 11.0. The van der Waals surface area contributed by atoms with Crippen LogP contribution in [0.1, 0.15) is 12.5 Å². The van der Waals surface area contributed by atoms with E-state index in [0.29, 0.717) is 11.9 Å². The molecule has 0 aliphatic carbocycles. The monoisotopic (exact) mass is 286 g/mol. The molecule has 6 heteroatoms. The van der Waals surface area contributed by atoms with Gasteiger partial charge < -0.3 is 5.32 Å². The lowest BCUT2D eigenvalue weighted by Gasteiger charge is -2.06. The van der Waals surface area contributed by atoms with Crippen LogP contribution in [0.25, 0.3) is 10.2 Å². The highest BCUT2D eigenvalue weighted by molar-refractivity contribution is 7.16. The molecule has 3 rings (SSSR count). The van der Waals surface area contributed by atoms with E-state index in [-0.39, 0.29) is 5.56 Å². The van der Waals surface area contributed by atoms with Gasteiger partial charge in [-0.3, -0.25) is 9.36 Å². The lowest BCUT2D eigenvalue weighted by atomic mass is 10.2. The molecule has 0 amide bonds. The maximum Gasteiger partial charge on any atom is 0.262 e. The SMILES string of the molecule is CCNc1ccc(Cn2cnc3sccc3c2=O)cn1. The highest BCUT2D eigenvalue weighted by atomic mass is 32.1. The summed E-state index contributed by atoms with van der Waals surface area (Å²) in [6, 6.07) is 5.70. The maximum absolute atomic E-state index is 12.3. The fourth-order valence-corrected chi connectivity index (χ4v) is 2.73. The summed E-state index contributed by atoms with van der Waals surface area (Å²) in [7, 11) is 0. The van der Waals surface area contributed by atoms with E-state index < -0.39 is 0 Å². The quantitative estimate of drug-likeness (QED) is 0.799. The molecule has 3 heterocycles. The first kappa shape index (κ1) is 12.8. The second-order valence-corrected chi connectivity index (χ2v) is 5.29. The molecule has 0 saturated heterocycles. The van der Waals surface area contributed by atoms with Gasteiger partial charge in [0, 0.05) is 12.7 Å². The van der Waals surface area contributed by atoms with Crippen LogP contribution in [-0.2, 0) is 6.54 Å². The topological polar surface area (TPSA) is 59.8 Å². The van der Waals surface area contributed by atoms with Crippen LogP contribution in [0.3, 0.4) is 0 Å². The van der Waals surface area contributed by atoms with E-state index in [1.54, 1.807) is 17.1 Å². The Balaban J connectivity index is 1.88. The minimum absolute atomic E-state index is 0.00740. The molecule has 20 heavy (non-hydrogen) atoms. The Morgan fingerprint density at radius 2 is 2.20 bits per heavy atom. The van der Waals surface area contributed by atoms with Gasteiger partial charge in [-0.2, -0.15) is 0 Å². The van der Waals surface area contributed by atoms with Crippen molar-refractivity contribution in [3.8, 4) is 0 Å². The van der Waals surface area contributed by atoms with Gasteiger partial charge in [0.1, 0.15) is 10.6 Å². The minimum atomic E-state index is -0.00740. The Morgan fingerprint density at radius 3 is 2.95 bits per heavy atom. The lowest BCUT2D eigenvalue weighted by molar-refractivity contribution is 0.746. The smallest absolute Gasteiger partial charge is 0.262 e. The number of hydrogen-bond acceptors (Lipinski definition) is 5. The van der Waals surface area contributed by atoms with Crippen molar-refractivity contribution in [3.63, 3.8) is 0 Å². The van der Waals surface area contributed by atoms with E-state index in [4.69, 9.17) is 0 Å². The Bertz CT molecular complexity index is 776. The van der Waals surface area contributed by atoms with Crippen molar-refractivity contribution in [1.29, 1.82) is 0 Å². The van der Waals surface area contributed by atoms with Gasteiger partial charge >= 0.3 is 0 Å². The zero-order valence-corrected chi connectivity index (χ0v) is 11.9. The van der Waals surface area contributed by atoms with Crippen molar-refractivity contribution in [2.45, 2.75) is 13.5 Å². The lowest BCUT2D eigenvalue weighted by Crippen LogP contribution is -2.20. The molecule has 102 valence electrons. The maximum atomic E-state index is 12.3. The standard InChI is InChI=1S/C14H14N4OS/c1-2-15-12-4-3-10(7-16-12)8-18-9-17-13-11(14(18)19)5-6-20-13/h3-7,9H,2,8H2,1H3,(H,15,16). The summed E-state index contributed by atoms with van der Waals surface area (Å²) in [4.78, 5) is 21.6. The number of anilines is 1. The third kappa shape index (κ3) is 2.42. The molecule has 0 atom stereocenters. The Morgan fingerprint density at radius 1 is 1.30 bits per heavy atom. The fourth-order valence-electron chi connectivity index (χ4n) is 2.01. The van der Waals surface area contributed by atoms with Gasteiger partial charge in [-0.05, 0) is 30.0 Å². The summed E-state index contributed by atoms with van der Waals surface area (Å²) in [5.41, 5.74) is 0.970. The Kier molecular flexibility index (Phi) is 3.47. The summed E-state index contributed by atoms with van der Waals surface area (Å²) in [5, 5.41) is 5.70. The van der Waals surface area contributed by atoms with E-state index in [2.05, 4.69) is 15.3 Å². The Labute approximate surface area is 119 Å². The molecular weight excluding hydrogens is 272 g/mol. The molecule has 0 radical (unpaired) electrons. The summed E-state index contributed by atoms with van der Waals surface area (Å²) in [6.07, 6.45) is 3.38. The number of hydrogen-bond donors (Lipinski definition) is 1. The van der Waals surface area contributed by atoms with Crippen molar-refractivity contribution in [1.82, 2.24) is 14.5 Å². The summed E-state index contributed by atoms with van der Waals surface area (Å²) in [5.74, 6) is 0.843. The second-order valence-electron chi connectivity index (χ2n) is 4.40. The largest absolute Gasteiger partial charge is 0.370 e. The predicted molar refractivity (Wildman–Crippen MR) is 81.4 cm³/mol. The highest BCUT2D eigenvalue weighted by Gasteiger charge is 2.05. The normalized spacial score (nSPS) is 10.8. The molecule has 0 fully saturated rings. The number of thiophene rings is 1. The predicted octanol–water partition coefficient (Wildman–Crippen LogP) is 2.33. The van der Waals surface area contributed by atoms with Crippen molar-refractivity contribution in [3.05, 3.63) is 52.0 Å². The van der Waals surface area contributed by atoms with Crippen molar-refractivity contribution >= 4 is 27.4 Å². The number of aromatic nitrogens is 3. The van der Waals surface area contributed by atoms with Crippen molar-refractivity contribution in [2.75, 3.05) is 11.9 Å². The number of pyridine rings is 1. The van der Waals surface area contributed by atoms with E-state index in [0.717, 1.165) is 22.8 Å². The van der Waals surface area contributed by atoms with Crippen LogP contribution in [0.5, 0.6) is 0 Å². The molecule has 0 spiro atoms. The van der Waals surface area contributed by atoms with Crippen LogP contribution in [0.2, 0.25) is 0 Å². The van der Waals surface area contributed by atoms with Crippen molar-refractivity contribution in [2.24, 2.45) is 0 Å². The zero-order chi connectivity index (χ0) is 13.9.